The van der Waals surface area contributed by atoms with Gasteiger partial charge in [0.25, 0.3) is 0 Å². The standard InChI is InChI=1S/C19H16BrNO3/c20-15-8-18-17(23-9-24-18)6-13(15)12-7-19(22)21-16-5-11-3-1-2-10(11)4-14(12)16/h4-6,8,12H,1-3,7,9H2,(H,21,22)/t12-/m0/s1. The Labute approximate surface area is 148 Å². The number of carbonyl (C=O) groups excluding carboxylic acids is 1. The van der Waals surface area contributed by atoms with Gasteiger partial charge in [0.2, 0.25) is 12.7 Å². The molecule has 3 aliphatic rings. The van der Waals surface area contributed by atoms with Crippen molar-refractivity contribution in [2.45, 2.75) is 31.6 Å². The van der Waals surface area contributed by atoms with E-state index in [1.165, 1.54) is 23.1 Å². The molecule has 2 aromatic rings. The van der Waals surface area contributed by atoms with Crippen LogP contribution in [-0.4, -0.2) is 12.7 Å². The molecule has 1 aliphatic carbocycles. The second kappa shape index (κ2) is 5.24. The third-order valence-electron chi connectivity index (χ3n) is 5.17. The first-order valence-electron chi connectivity index (χ1n) is 8.23. The van der Waals surface area contributed by atoms with Crippen LogP contribution >= 0.6 is 15.9 Å². The van der Waals surface area contributed by atoms with Gasteiger partial charge >= 0.3 is 0 Å². The van der Waals surface area contributed by atoms with E-state index in [9.17, 15) is 4.79 Å². The maximum absolute atomic E-state index is 12.3. The number of aryl methyl sites for hydroxylation is 2. The van der Waals surface area contributed by atoms with Crippen LogP contribution < -0.4 is 14.8 Å². The summed E-state index contributed by atoms with van der Waals surface area (Å²) in [6, 6.07) is 8.41. The predicted octanol–water partition coefficient (Wildman–Crippen LogP) is 4.14. The van der Waals surface area contributed by atoms with Gasteiger partial charge in [-0.1, -0.05) is 22.0 Å². The molecular formula is C19H16BrNO3. The number of amides is 1. The molecule has 24 heavy (non-hydrogen) atoms. The predicted molar refractivity (Wildman–Crippen MR) is 93.8 cm³/mol. The molecule has 2 aliphatic heterocycles. The van der Waals surface area contributed by atoms with Gasteiger partial charge in [-0.2, -0.15) is 0 Å². The van der Waals surface area contributed by atoms with Gasteiger partial charge in [0.1, 0.15) is 0 Å². The lowest BCUT2D eigenvalue weighted by Gasteiger charge is -2.28. The normalized spacial score (nSPS) is 20.5. The fourth-order valence-electron chi connectivity index (χ4n) is 4.01. The summed E-state index contributed by atoms with van der Waals surface area (Å²) in [4.78, 5) is 12.3. The van der Waals surface area contributed by atoms with Gasteiger partial charge in [-0.3, -0.25) is 4.79 Å². The summed E-state index contributed by atoms with van der Waals surface area (Å²) < 4.78 is 11.9. The van der Waals surface area contributed by atoms with Crippen molar-refractivity contribution in [3.63, 3.8) is 0 Å². The van der Waals surface area contributed by atoms with E-state index < -0.39 is 0 Å². The SMILES string of the molecule is O=C1C[C@@H](c2cc3c(cc2Br)OCO3)c2cc3c(cc2N1)CCC3. The summed E-state index contributed by atoms with van der Waals surface area (Å²) in [5.74, 6) is 1.60. The van der Waals surface area contributed by atoms with Gasteiger partial charge in [-0.05, 0) is 59.7 Å². The van der Waals surface area contributed by atoms with Crippen LogP contribution in [0.5, 0.6) is 11.5 Å². The molecule has 0 saturated heterocycles. The Hall–Kier alpha value is -2.01. The summed E-state index contributed by atoms with van der Waals surface area (Å²) in [7, 11) is 0. The minimum absolute atomic E-state index is 0.0310. The number of carbonyl (C=O) groups is 1. The number of benzene rings is 2. The van der Waals surface area contributed by atoms with Crippen LogP contribution in [0, 0.1) is 0 Å². The van der Waals surface area contributed by atoms with Crippen molar-refractivity contribution < 1.29 is 14.3 Å². The Morgan fingerprint density at radius 3 is 2.58 bits per heavy atom. The fraction of sp³-hybridized carbons (Fsp3) is 0.316. The lowest BCUT2D eigenvalue weighted by Crippen LogP contribution is -2.24. The van der Waals surface area contributed by atoms with Crippen molar-refractivity contribution in [3.05, 3.63) is 51.0 Å². The zero-order valence-electron chi connectivity index (χ0n) is 13.0. The van der Waals surface area contributed by atoms with E-state index in [0.717, 1.165) is 40.1 Å². The maximum Gasteiger partial charge on any atom is 0.231 e. The van der Waals surface area contributed by atoms with Gasteiger partial charge < -0.3 is 14.8 Å². The number of ether oxygens (including phenoxy) is 2. The molecule has 1 N–H and O–H groups in total. The molecule has 1 amide bonds. The van der Waals surface area contributed by atoms with Gasteiger partial charge in [-0.25, -0.2) is 0 Å². The third-order valence-corrected chi connectivity index (χ3v) is 5.86. The van der Waals surface area contributed by atoms with E-state index in [4.69, 9.17) is 9.47 Å². The zero-order valence-corrected chi connectivity index (χ0v) is 14.6. The monoisotopic (exact) mass is 385 g/mol. The highest BCUT2D eigenvalue weighted by molar-refractivity contribution is 9.10. The highest BCUT2D eigenvalue weighted by Gasteiger charge is 2.31. The lowest BCUT2D eigenvalue weighted by molar-refractivity contribution is -0.116. The molecule has 0 aromatic heterocycles. The molecule has 2 heterocycles. The quantitative estimate of drug-likeness (QED) is 0.802. The largest absolute Gasteiger partial charge is 0.454 e. The Bertz CT molecular complexity index is 877. The molecule has 5 heteroatoms. The van der Waals surface area contributed by atoms with Crippen molar-refractivity contribution >= 4 is 27.5 Å². The molecule has 2 aromatic carbocycles. The van der Waals surface area contributed by atoms with Crippen LogP contribution in [0.3, 0.4) is 0 Å². The molecule has 0 radical (unpaired) electrons. The number of hydrogen-bond acceptors (Lipinski definition) is 3. The highest BCUT2D eigenvalue weighted by Crippen LogP contribution is 2.46. The first-order chi connectivity index (χ1) is 11.7. The van der Waals surface area contributed by atoms with E-state index in [-0.39, 0.29) is 18.6 Å². The summed E-state index contributed by atoms with van der Waals surface area (Å²) in [6.45, 7) is 0.250. The van der Waals surface area contributed by atoms with E-state index in [1.54, 1.807) is 0 Å². The molecule has 4 nitrogen and oxygen atoms in total. The smallest absolute Gasteiger partial charge is 0.231 e. The van der Waals surface area contributed by atoms with Crippen LogP contribution in [0.1, 0.15) is 41.0 Å². The van der Waals surface area contributed by atoms with Gasteiger partial charge in [0.15, 0.2) is 11.5 Å². The topological polar surface area (TPSA) is 47.6 Å². The Balaban J connectivity index is 1.66. The number of anilines is 1. The van der Waals surface area contributed by atoms with Gasteiger partial charge in [0, 0.05) is 22.5 Å². The first kappa shape index (κ1) is 14.3. The average molecular weight is 386 g/mol. The first-order valence-corrected chi connectivity index (χ1v) is 9.03. The molecule has 0 spiro atoms. The van der Waals surface area contributed by atoms with Crippen molar-refractivity contribution in [2.75, 3.05) is 12.1 Å². The van der Waals surface area contributed by atoms with Crippen molar-refractivity contribution in [3.8, 4) is 11.5 Å². The third kappa shape index (κ3) is 2.14. The Morgan fingerprint density at radius 1 is 1.00 bits per heavy atom. The summed E-state index contributed by atoms with van der Waals surface area (Å²) in [6.07, 6.45) is 3.89. The molecule has 0 bridgehead atoms. The Kier molecular flexibility index (Phi) is 3.13. The van der Waals surface area contributed by atoms with Crippen molar-refractivity contribution in [2.24, 2.45) is 0 Å². The number of fused-ring (bicyclic) bond motifs is 3. The average Bonchev–Trinajstić information content (AvgIpc) is 3.19. The minimum atomic E-state index is 0.0310. The molecule has 5 rings (SSSR count). The lowest BCUT2D eigenvalue weighted by atomic mass is 9.83. The van der Waals surface area contributed by atoms with Gasteiger partial charge in [0.05, 0.1) is 0 Å². The summed E-state index contributed by atoms with van der Waals surface area (Å²) >= 11 is 3.65. The van der Waals surface area contributed by atoms with E-state index in [1.807, 2.05) is 12.1 Å². The number of rotatable bonds is 1. The fourth-order valence-corrected chi connectivity index (χ4v) is 4.61. The highest BCUT2D eigenvalue weighted by atomic mass is 79.9. The van der Waals surface area contributed by atoms with E-state index in [2.05, 4.69) is 33.4 Å². The molecular weight excluding hydrogens is 370 g/mol. The molecule has 122 valence electrons. The van der Waals surface area contributed by atoms with Gasteiger partial charge in [-0.15, -0.1) is 0 Å². The molecule has 0 fully saturated rings. The van der Waals surface area contributed by atoms with Crippen LogP contribution in [0.25, 0.3) is 0 Å². The second-order valence-corrected chi connectivity index (χ2v) is 7.45. The zero-order chi connectivity index (χ0) is 16.3. The number of hydrogen-bond donors (Lipinski definition) is 1. The van der Waals surface area contributed by atoms with E-state index >= 15 is 0 Å². The van der Waals surface area contributed by atoms with Crippen LogP contribution in [-0.2, 0) is 17.6 Å². The Morgan fingerprint density at radius 2 is 1.75 bits per heavy atom. The molecule has 0 saturated carbocycles. The summed E-state index contributed by atoms with van der Waals surface area (Å²) in [5.41, 5.74) is 6.04. The number of nitrogens with one attached hydrogen (secondary N) is 1. The van der Waals surface area contributed by atoms with E-state index in [0.29, 0.717) is 6.42 Å². The second-order valence-electron chi connectivity index (χ2n) is 6.59. The summed E-state index contributed by atoms with van der Waals surface area (Å²) in [5, 5.41) is 3.05. The molecule has 1 atom stereocenters. The van der Waals surface area contributed by atoms with Crippen LogP contribution in [0.2, 0.25) is 0 Å². The molecule has 0 unspecified atom stereocenters. The maximum atomic E-state index is 12.3. The van der Waals surface area contributed by atoms with Crippen molar-refractivity contribution in [1.29, 1.82) is 0 Å². The van der Waals surface area contributed by atoms with Crippen molar-refractivity contribution in [1.82, 2.24) is 0 Å². The van der Waals surface area contributed by atoms with Crippen LogP contribution in [0.15, 0.2) is 28.7 Å². The number of halogens is 1. The minimum Gasteiger partial charge on any atom is -0.454 e. The van der Waals surface area contributed by atoms with Crippen LogP contribution in [0.4, 0.5) is 5.69 Å².